The molecule has 0 amide bonds. The maximum Gasteiger partial charge on any atom is 0.277 e. The highest BCUT2D eigenvalue weighted by Gasteiger charge is 2.26. The molecule has 0 aromatic carbocycles. The summed E-state index contributed by atoms with van der Waals surface area (Å²) in [5.41, 5.74) is 4.95. The van der Waals surface area contributed by atoms with E-state index in [-0.39, 0.29) is 11.9 Å². The van der Waals surface area contributed by atoms with Gasteiger partial charge in [0, 0.05) is 24.7 Å². The first-order valence-corrected chi connectivity index (χ1v) is 8.09. The molecule has 1 heterocycles. The summed E-state index contributed by atoms with van der Waals surface area (Å²) in [6, 6.07) is -0.0848. The van der Waals surface area contributed by atoms with Gasteiger partial charge in [-0.1, -0.05) is 5.16 Å². The van der Waals surface area contributed by atoms with Crippen LogP contribution in [-0.2, 0) is 10.2 Å². The van der Waals surface area contributed by atoms with E-state index in [2.05, 4.69) is 14.6 Å². The van der Waals surface area contributed by atoms with E-state index in [0.717, 1.165) is 0 Å². The SMILES string of the molecule is CC(C)(C)NS(=O)(=O)NC1CCN(CC(N)=NO)CC1. The molecule has 1 aliphatic rings. The average molecular weight is 307 g/mol. The number of amidine groups is 1. The molecule has 0 aromatic rings. The zero-order valence-electron chi connectivity index (χ0n) is 12.3. The van der Waals surface area contributed by atoms with E-state index in [4.69, 9.17) is 10.9 Å². The van der Waals surface area contributed by atoms with E-state index in [9.17, 15) is 8.42 Å². The second kappa shape index (κ2) is 6.70. The van der Waals surface area contributed by atoms with Crippen LogP contribution in [0.15, 0.2) is 5.16 Å². The lowest BCUT2D eigenvalue weighted by Gasteiger charge is -2.32. The first-order valence-electron chi connectivity index (χ1n) is 6.61. The predicted molar refractivity (Wildman–Crippen MR) is 77.8 cm³/mol. The van der Waals surface area contributed by atoms with E-state index in [1.54, 1.807) is 20.8 Å². The van der Waals surface area contributed by atoms with Crippen LogP contribution in [-0.4, -0.2) is 55.6 Å². The van der Waals surface area contributed by atoms with Gasteiger partial charge in [0.1, 0.15) is 0 Å². The molecule has 0 bridgehead atoms. The fourth-order valence-electron chi connectivity index (χ4n) is 2.12. The van der Waals surface area contributed by atoms with E-state index < -0.39 is 15.7 Å². The van der Waals surface area contributed by atoms with Crippen molar-refractivity contribution in [2.24, 2.45) is 10.9 Å². The summed E-state index contributed by atoms with van der Waals surface area (Å²) in [7, 11) is -3.49. The first-order chi connectivity index (χ1) is 9.11. The van der Waals surface area contributed by atoms with Gasteiger partial charge in [-0.2, -0.15) is 17.9 Å². The van der Waals surface area contributed by atoms with Crippen molar-refractivity contribution in [3.05, 3.63) is 0 Å². The molecule has 0 saturated carbocycles. The molecule has 0 aromatic heterocycles. The van der Waals surface area contributed by atoms with Crippen molar-refractivity contribution in [3.8, 4) is 0 Å². The molecule has 8 nitrogen and oxygen atoms in total. The molecule has 1 rings (SSSR count). The summed E-state index contributed by atoms with van der Waals surface area (Å²) >= 11 is 0. The van der Waals surface area contributed by atoms with Crippen LogP contribution >= 0.6 is 0 Å². The topological polar surface area (TPSA) is 120 Å². The van der Waals surface area contributed by atoms with Gasteiger partial charge in [-0.15, -0.1) is 0 Å². The standard InChI is InChI=1S/C11H25N5O3S/c1-11(2,3)15-20(18,19)14-9-4-6-16(7-5-9)8-10(12)13-17/h9,14-15,17H,4-8H2,1-3H3,(H2,12,13). The van der Waals surface area contributed by atoms with Gasteiger partial charge in [-0.25, -0.2) is 0 Å². The number of piperidine rings is 1. The van der Waals surface area contributed by atoms with E-state index in [1.165, 1.54) is 0 Å². The summed E-state index contributed by atoms with van der Waals surface area (Å²) in [6.07, 6.45) is 1.40. The van der Waals surface area contributed by atoms with Gasteiger partial charge in [-0.3, -0.25) is 4.90 Å². The minimum atomic E-state index is -3.49. The molecule has 20 heavy (non-hydrogen) atoms. The third-order valence-electron chi connectivity index (χ3n) is 2.86. The Kier molecular flexibility index (Phi) is 5.75. The Morgan fingerprint density at radius 2 is 1.95 bits per heavy atom. The summed E-state index contributed by atoms with van der Waals surface area (Å²) in [5, 5.41) is 11.4. The molecule has 0 radical (unpaired) electrons. The van der Waals surface area contributed by atoms with Crippen LogP contribution in [0.25, 0.3) is 0 Å². The third kappa shape index (κ3) is 6.51. The molecule has 0 spiro atoms. The number of hydrogen-bond acceptors (Lipinski definition) is 5. The van der Waals surface area contributed by atoms with Crippen molar-refractivity contribution >= 4 is 16.0 Å². The number of nitrogens with zero attached hydrogens (tertiary/aromatic N) is 2. The number of oxime groups is 1. The van der Waals surface area contributed by atoms with E-state index in [1.807, 2.05) is 4.90 Å². The Labute approximate surface area is 120 Å². The van der Waals surface area contributed by atoms with Gasteiger partial charge in [0.25, 0.3) is 10.2 Å². The monoisotopic (exact) mass is 307 g/mol. The van der Waals surface area contributed by atoms with Crippen molar-refractivity contribution in [3.63, 3.8) is 0 Å². The minimum Gasteiger partial charge on any atom is -0.409 e. The number of nitrogens with two attached hydrogens (primary N) is 1. The summed E-state index contributed by atoms with van der Waals surface area (Å²) in [6.45, 7) is 7.21. The molecular formula is C11H25N5O3S. The third-order valence-corrected chi connectivity index (χ3v) is 4.39. The molecule has 5 N–H and O–H groups in total. The largest absolute Gasteiger partial charge is 0.409 e. The minimum absolute atomic E-state index is 0.0848. The molecule has 0 atom stereocenters. The Morgan fingerprint density at radius 1 is 1.40 bits per heavy atom. The number of likely N-dealkylation sites (tertiary alicyclic amines) is 1. The summed E-state index contributed by atoms with van der Waals surface area (Å²) in [4.78, 5) is 2.02. The number of rotatable bonds is 5. The smallest absolute Gasteiger partial charge is 0.277 e. The fourth-order valence-corrected chi connectivity index (χ4v) is 3.66. The Bertz CT molecular complexity index is 435. The van der Waals surface area contributed by atoms with Gasteiger partial charge in [-0.05, 0) is 33.6 Å². The van der Waals surface area contributed by atoms with Crippen LogP contribution in [0.5, 0.6) is 0 Å². The van der Waals surface area contributed by atoms with Crippen LogP contribution in [0.2, 0.25) is 0 Å². The van der Waals surface area contributed by atoms with E-state index >= 15 is 0 Å². The average Bonchev–Trinajstić information content (AvgIpc) is 2.28. The van der Waals surface area contributed by atoms with E-state index in [0.29, 0.717) is 32.5 Å². The summed E-state index contributed by atoms with van der Waals surface area (Å²) in [5.74, 6) is 0.165. The molecule has 9 heteroatoms. The molecule has 1 aliphatic heterocycles. The van der Waals surface area contributed by atoms with Crippen molar-refractivity contribution in [2.45, 2.75) is 45.2 Å². The zero-order valence-corrected chi connectivity index (χ0v) is 13.1. The maximum absolute atomic E-state index is 11.9. The number of hydrogen-bond donors (Lipinski definition) is 4. The molecular weight excluding hydrogens is 282 g/mol. The zero-order chi connectivity index (χ0) is 15.4. The Hall–Kier alpha value is -0.900. The highest BCUT2D eigenvalue weighted by molar-refractivity contribution is 7.87. The van der Waals surface area contributed by atoms with Gasteiger partial charge < -0.3 is 10.9 Å². The second-order valence-corrected chi connectivity index (χ2v) is 7.56. The second-order valence-electron chi connectivity index (χ2n) is 6.12. The Balaban J connectivity index is 2.43. The van der Waals surface area contributed by atoms with Crippen molar-refractivity contribution in [1.29, 1.82) is 0 Å². The summed E-state index contributed by atoms with van der Waals surface area (Å²) < 4.78 is 29.1. The van der Waals surface area contributed by atoms with Crippen molar-refractivity contribution in [1.82, 2.24) is 14.3 Å². The molecule has 118 valence electrons. The molecule has 1 fully saturated rings. The van der Waals surface area contributed by atoms with Gasteiger partial charge in [0.2, 0.25) is 0 Å². The quantitative estimate of drug-likeness (QED) is 0.234. The van der Waals surface area contributed by atoms with Crippen molar-refractivity contribution in [2.75, 3.05) is 19.6 Å². The van der Waals surface area contributed by atoms with Crippen LogP contribution in [0, 0.1) is 0 Å². The highest BCUT2D eigenvalue weighted by Crippen LogP contribution is 2.11. The van der Waals surface area contributed by atoms with Crippen LogP contribution < -0.4 is 15.2 Å². The number of nitrogens with one attached hydrogen (secondary N) is 2. The Morgan fingerprint density at radius 3 is 2.40 bits per heavy atom. The molecule has 0 unspecified atom stereocenters. The van der Waals surface area contributed by atoms with Gasteiger partial charge in [0.15, 0.2) is 5.84 Å². The lowest BCUT2D eigenvalue weighted by molar-refractivity contribution is 0.227. The molecule has 1 saturated heterocycles. The van der Waals surface area contributed by atoms with Crippen LogP contribution in [0.1, 0.15) is 33.6 Å². The van der Waals surface area contributed by atoms with Gasteiger partial charge in [0.05, 0.1) is 6.54 Å². The normalized spacial score (nSPS) is 20.2. The first kappa shape index (κ1) is 17.2. The predicted octanol–water partition coefficient (Wildman–Crippen LogP) is -0.580. The highest BCUT2D eigenvalue weighted by atomic mass is 32.2. The fraction of sp³-hybridized carbons (Fsp3) is 0.909. The van der Waals surface area contributed by atoms with Crippen LogP contribution in [0.3, 0.4) is 0 Å². The lowest BCUT2D eigenvalue weighted by Crippen LogP contribution is -2.52. The van der Waals surface area contributed by atoms with Gasteiger partial charge >= 0.3 is 0 Å². The molecule has 0 aliphatic carbocycles. The maximum atomic E-state index is 11.9. The van der Waals surface area contributed by atoms with Crippen molar-refractivity contribution < 1.29 is 13.6 Å². The lowest BCUT2D eigenvalue weighted by atomic mass is 10.1. The van der Waals surface area contributed by atoms with Crippen LogP contribution in [0.4, 0.5) is 0 Å².